The van der Waals surface area contributed by atoms with Crippen molar-refractivity contribution in [2.75, 3.05) is 6.54 Å². The molecular formula is C14H25N6O5. The van der Waals surface area contributed by atoms with E-state index < -0.39 is 35.9 Å². The summed E-state index contributed by atoms with van der Waals surface area (Å²) in [5.41, 5.74) is 10.6. The van der Waals surface area contributed by atoms with Gasteiger partial charge in [0.05, 0.1) is 12.1 Å². The number of amides is 2. The van der Waals surface area contributed by atoms with Gasteiger partial charge in [-0.15, -0.1) is 0 Å². The summed E-state index contributed by atoms with van der Waals surface area (Å²) in [6.07, 6.45) is 1.76. The van der Waals surface area contributed by atoms with Crippen molar-refractivity contribution in [3.63, 3.8) is 0 Å². The quantitative estimate of drug-likeness (QED) is 0.113. The highest BCUT2D eigenvalue weighted by Crippen LogP contribution is 2.01. The summed E-state index contributed by atoms with van der Waals surface area (Å²) in [6, 6.07) is -2.88. The first kappa shape index (κ1) is 22.3. The zero-order chi connectivity index (χ0) is 19.4. The Balaban J connectivity index is 4.75. The smallest absolute Gasteiger partial charge is 0.303 e. The second-order valence-corrected chi connectivity index (χ2v) is 5.44. The molecule has 0 aliphatic heterocycles. The van der Waals surface area contributed by atoms with E-state index in [-0.39, 0.29) is 25.2 Å². The average molecular weight is 357 g/mol. The van der Waals surface area contributed by atoms with Crippen molar-refractivity contribution in [1.29, 1.82) is 5.41 Å². The van der Waals surface area contributed by atoms with Gasteiger partial charge in [0, 0.05) is 13.0 Å². The number of aliphatic carboxylic acids is 1. The molecule has 0 heterocycles. The van der Waals surface area contributed by atoms with Crippen LogP contribution in [0.5, 0.6) is 0 Å². The van der Waals surface area contributed by atoms with E-state index in [0.29, 0.717) is 13.0 Å². The summed E-state index contributed by atoms with van der Waals surface area (Å²) < 4.78 is 0. The maximum Gasteiger partial charge on any atom is 0.303 e. The van der Waals surface area contributed by atoms with Gasteiger partial charge in [-0.25, -0.2) is 0 Å². The number of rotatable bonds is 12. The Hall–Kier alpha value is -2.69. The predicted octanol–water partition coefficient (Wildman–Crippen LogP) is -2.46. The van der Waals surface area contributed by atoms with E-state index in [4.69, 9.17) is 22.0 Å². The fraction of sp³-hybridized carbons (Fsp3) is 0.643. The second-order valence-electron chi connectivity index (χ2n) is 5.44. The third-order valence-electron chi connectivity index (χ3n) is 3.14. The van der Waals surface area contributed by atoms with E-state index in [1.807, 2.05) is 0 Å². The second kappa shape index (κ2) is 11.8. The fourth-order valence-electron chi connectivity index (χ4n) is 1.80. The first-order valence-electron chi connectivity index (χ1n) is 7.71. The molecule has 3 atom stereocenters. The molecule has 0 fully saturated rings. The first-order valence-corrected chi connectivity index (χ1v) is 7.71. The summed E-state index contributed by atoms with van der Waals surface area (Å²) in [4.78, 5) is 45.4. The molecule has 141 valence electrons. The zero-order valence-electron chi connectivity index (χ0n) is 14.0. The van der Waals surface area contributed by atoms with Gasteiger partial charge in [-0.1, -0.05) is 0 Å². The highest BCUT2D eigenvalue weighted by Gasteiger charge is 2.24. The molecule has 0 spiro atoms. The molecule has 11 nitrogen and oxygen atoms in total. The number of hydrogen-bond donors (Lipinski definition) is 7. The molecule has 2 amide bonds. The lowest BCUT2D eigenvalue weighted by molar-refractivity contribution is -0.137. The summed E-state index contributed by atoms with van der Waals surface area (Å²) in [7, 11) is 0. The molecule has 0 aromatic heterocycles. The number of carboxylic acids is 1. The van der Waals surface area contributed by atoms with Crippen molar-refractivity contribution in [3.8, 4) is 0 Å². The van der Waals surface area contributed by atoms with Crippen LogP contribution in [0.4, 0.5) is 0 Å². The molecule has 25 heavy (non-hydrogen) atoms. The molecule has 0 aromatic carbocycles. The number of nitrogens with two attached hydrogens (primary N) is 2. The molecule has 9 N–H and O–H groups in total. The van der Waals surface area contributed by atoms with Gasteiger partial charge < -0.3 is 32.5 Å². The maximum atomic E-state index is 12.3. The SMILES string of the molecule is C[C@H](N)C(=O)N[C@H](CCCNC(=N)N)C(=O)N[C@@H]([C]=O)CCC(=O)O. The lowest BCUT2D eigenvalue weighted by Crippen LogP contribution is -2.53. The monoisotopic (exact) mass is 357 g/mol. The van der Waals surface area contributed by atoms with Crippen LogP contribution in [0.15, 0.2) is 0 Å². The lowest BCUT2D eigenvalue weighted by Gasteiger charge is -2.21. The van der Waals surface area contributed by atoms with Crippen LogP contribution in [0, 0.1) is 5.41 Å². The Bertz CT molecular complexity index is 496. The molecule has 11 heteroatoms. The molecule has 0 unspecified atom stereocenters. The van der Waals surface area contributed by atoms with Crippen molar-refractivity contribution in [2.24, 2.45) is 11.5 Å². The van der Waals surface area contributed by atoms with Crippen molar-refractivity contribution >= 4 is 30.0 Å². The Morgan fingerprint density at radius 3 is 2.32 bits per heavy atom. The van der Waals surface area contributed by atoms with Gasteiger partial charge in [-0.3, -0.25) is 24.6 Å². The minimum atomic E-state index is -1.10. The van der Waals surface area contributed by atoms with E-state index in [2.05, 4.69) is 16.0 Å². The van der Waals surface area contributed by atoms with Crippen molar-refractivity contribution < 1.29 is 24.3 Å². The fourth-order valence-corrected chi connectivity index (χ4v) is 1.80. The Kier molecular flexibility index (Phi) is 10.5. The van der Waals surface area contributed by atoms with E-state index in [0.717, 1.165) is 0 Å². The van der Waals surface area contributed by atoms with Gasteiger partial charge >= 0.3 is 5.97 Å². The Morgan fingerprint density at radius 2 is 1.84 bits per heavy atom. The van der Waals surface area contributed by atoms with Gasteiger partial charge in [0.25, 0.3) is 0 Å². The standard InChI is InChI=1S/C14H25N6O5/c1-8(15)12(24)20-10(3-2-6-18-14(16)17)13(25)19-9(7-21)4-5-11(22)23/h8-10H,2-6,15H2,1H3,(H,19,25)(H,20,24)(H,22,23)(H4,16,17,18)/t8-,9+,10+/m0/s1. The zero-order valence-corrected chi connectivity index (χ0v) is 14.0. The minimum Gasteiger partial charge on any atom is -0.481 e. The van der Waals surface area contributed by atoms with E-state index >= 15 is 0 Å². The minimum absolute atomic E-state index is 0.107. The summed E-state index contributed by atoms with van der Waals surface area (Å²) in [5, 5.41) is 23.0. The van der Waals surface area contributed by atoms with Crippen LogP contribution in [-0.2, 0) is 19.2 Å². The Labute approximate surface area is 145 Å². The number of guanidine groups is 1. The van der Waals surface area contributed by atoms with Crippen LogP contribution in [0.1, 0.15) is 32.6 Å². The highest BCUT2D eigenvalue weighted by atomic mass is 16.4. The van der Waals surface area contributed by atoms with Crippen LogP contribution in [0.3, 0.4) is 0 Å². The molecule has 0 saturated carbocycles. The first-order chi connectivity index (χ1) is 11.7. The van der Waals surface area contributed by atoms with Crippen LogP contribution in [0.2, 0.25) is 0 Å². The van der Waals surface area contributed by atoms with Crippen LogP contribution < -0.4 is 27.4 Å². The normalized spacial score (nSPS) is 13.8. The molecular weight excluding hydrogens is 332 g/mol. The molecule has 0 bridgehead atoms. The number of nitrogens with one attached hydrogen (secondary N) is 4. The van der Waals surface area contributed by atoms with Gasteiger partial charge in [-0.2, -0.15) is 0 Å². The number of hydrogen-bond acceptors (Lipinski definition) is 6. The maximum absolute atomic E-state index is 12.3. The van der Waals surface area contributed by atoms with E-state index in [1.54, 1.807) is 6.29 Å². The molecule has 0 aromatic rings. The van der Waals surface area contributed by atoms with Gasteiger partial charge in [0.15, 0.2) is 5.96 Å². The van der Waals surface area contributed by atoms with Crippen molar-refractivity contribution in [2.45, 2.75) is 50.7 Å². The van der Waals surface area contributed by atoms with E-state index in [9.17, 15) is 19.2 Å². The highest BCUT2D eigenvalue weighted by molar-refractivity contribution is 5.90. The van der Waals surface area contributed by atoms with E-state index in [1.165, 1.54) is 6.92 Å². The van der Waals surface area contributed by atoms with Gasteiger partial charge in [-0.05, 0) is 26.2 Å². The summed E-state index contributed by atoms with van der Waals surface area (Å²) in [5.74, 6) is -2.51. The van der Waals surface area contributed by atoms with Gasteiger partial charge in [0.2, 0.25) is 18.1 Å². The van der Waals surface area contributed by atoms with Crippen LogP contribution in [-0.4, -0.2) is 59.8 Å². The predicted molar refractivity (Wildman–Crippen MR) is 89.2 cm³/mol. The third kappa shape index (κ3) is 10.7. The third-order valence-corrected chi connectivity index (χ3v) is 3.14. The largest absolute Gasteiger partial charge is 0.481 e. The van der Waals surface area contributed by atoms with Crippen molar-refractivity contribution in [1.82, 2.24) is 16.0 Å². The lowest BCUT2D eigenvalue weighted by atomic mass is 10.1. The molecule has 0 saturated heterocycles. The number of carbonyl (C=O) groups is 3. The topological polar surface area (TPSA) is 200 Å². The van der Waals surface area contributed by atoms with Gasteiger partial charge in [0.1, 0.15) is 6.04 Å². The average Bonchev–Trinajstić information content (AvgIpc) is 2.53. The number of carboxylic acid groups (broad SMARTS) is 1. The molecule has 0 aliphatic rings. The van der Waals surface area contributed by atoms with Crippen LogP contribution in [0.25, 0.3) is 0 Å². The summed E-state index contributed by atoms with van der Waals surface area (Å²) in [6.45, 7) is 1.77. The Morgan fingerprint density at radius 1 is 1.20 bits per heavy atom. The molecule has 0 rings (SSSR count). The number of carbonyl (C=O) groups excluding carboxylic acids is 3. The summed E-state index contributed by atoms with van der Waals surface area (Å²) >= 11 is 0. The van der Waals surface area contributed by atoms with Crippen LogP contribution >= 0.6 is 0 Å². The van der Waals surface area contributed by atoms with Crippen molar-refractivity contribution in [3.05, 3.63) is 0 Å². The molecule has 1 radical (unpaired) electrons. The molecule has 0 aliphatic carbocycles.